The van der Waals surface area contributed by atoms with Gasteiger partial charge in [0.25, 0.3) is 0 Å². The van der Waals surface area contributed by atoms with Crippen molar-refractivity contribution in [1.82, 2.24) is 20.3 Å². The van der Waals surface area contributed by atoms with Gasteiger partial charge in [0.2, 0.25) is 0 Å². The molecule has 2 N–H and O–H groups in total. The van der Waals surface area contributed by atoms with Crippen molar-refractivity contribution in [2.45, 2.75) is 11.0 Å². The lowest BCUT2D eigenvalue weighted by molar-refractivity contribution is 0.0372. The zero-order chi connectivity index (χ0) is 18.6. The Labute approximate surface area is 158 Å². The Morgan fingerprint density at radius 1 is 1.19 bits per heavy atom. The highest BCUT2D eigenvalue weighted by Crippen LogP contribution is 2.26. The van der Waals surface area contributed by atoms with Crippen molar-refractivity contribution < 1.29 is 13.2 Å². The monoisotopic (exact) mass is 385 g/mol. The summed E-state index contributed by atoms with van der Waals surface area (Å²) in [7, 11) is -2.60. The third kappa shape index (κ3) is 4.05. The Morgan fingerprint density at radius 3 is 2.74 bits per heavy atom. The molecular weight excluding hydrogens is 366 g/mol. The van der Waals surface area contributed by atoms with E-state index in [-0.39, 0.29) is 11.0 Å². The first-order valence-electron chi connectivity index (χ1n) is 8.63. The fraction of sp³-hybridized carbons (Fsp3) is 0.278. The summed E-state index contributed by atoms with van der Waals surface area (Å²) in [6.07, 6.45) is 3.33. The first-order chi connectivity index (χ1) is 13.2. The van der Waals surface area contributed by atoms with E-state index in [1.54, 1.807) is 36.7 Å². The maximum Gasteiger partial charge on any atom is 0.168 e. The second kappa shape index (κ2) is 7.95. The molecule has 3 heterocycles. The average molecular weight is 385 g/mol. The van der Waals surface area contributed by atoms with Gasteiger partial charge in [-0.2, -0.15) is 0 Å². The van der Waals surface area contributed by atoms with Crippen molar-refractivity contribution in [1.29, 1.82) is 0 Å². The molecular formula is C18H19N5O3S. The summed E-state index contributed by atoms with van der Waals surface area (Å²) in [5, 5.41) is 6.62. The third-order valence-corrected chi connectivity index (χ3v) is 5.05. The van der Waals surface area contributed by atoms with Crippen LogP contribution in [0.25, 0.3) is 22.3 Å². The van der Waals surface area contributed by atoms with Crippen LogP contribution in [0.1, 0.15) is 0 Å². The topological polar surface area (TPSA) is 106 Å². The number of rotatable bonds is 5. The number of thiol groups is 1. The predicted molar refractivity (Wildman–Crippen MR) is 102 cm³/mol. The summed E-state index contributed by atoms with van der Waals surface area (Å²) in [6, 6.07) is 8.46. The minimum atomic E-state index is -2.60. The molecule has 3 aromatic rings. The maximum atomic E-state index is 11.1. The summed E-state index contributed by atoms with van der Waals surface area (Å²) in [5.74, 6) is 0.628. The van der Waals surface area contributed by atoms with Crippen molar-refractivity contribution >= 4 is 27.6 Å². The normalized spacial score (nSPS) is 17.3. The molecule has 1 atom stereocenters. The first kappa shape index (κ1) is 17.8. The molecule has 1 aromatic carbocycles. The zero-order valence-corrected chi connectivity index (χ0v) is 15.4. The molecule has 1 unspecified atom stereocenters. The highest BCUT2D eigenvalue weighted by molar-refractivity contribution is 7.72. The zero-order valence-electron chi connectivity index (χ0n) is 14.5. The van der Waals surface area contributed by atoms with E-state index >= 15 is 0 Å². The largest absolute Gasteiger partial charge is 0.374 e. The quantitative estimate of drug-likeness (QED) is 0.560. The molecule has 1 aliphatic heterocycles. The lowest BCUT2D eigenvalue weighted by Crippen LogP contribution is -2.42. The molecule has 0 saturated carbocycles. The number of anilines is 1. The number of benzene rings is 1. The molecule has 0 radical (unpaired) electrons. The molecule has 0 amide bonds. The van der Waals surface area contributed by atoms with Crippen molar-refractivity contribution in [2.24, 2.45) is 0 Å². The van der Waals surface area contributed by atoms with Gasteiger partial charge in [-0.1, -0.05) is 12.1 Å². The number of hydrogen-bond acceptors (Lipinski definition) is 8. The molecule has 8 nitrogen and oxygen atoms in total. The van der Waals surface area contributed by atoms with Gasteiger partial charge < -0.3 is 15.4 Å². The van der Waals surface area contributed by atoms with Crippen LogP contribution in [0.4, 0.5) is 5.82 Å². The fourth-order valence-electron chi connectivity index (χ4n) is 2.96. The van der Waals surface area contributed by atoms with Crippen LogP contribution in [-0.2, 0) is 15.4 Å². The smallest absolute Gasteiger partial charge is 0.168 e. The van der Waals surface area contributed by atoms with Crippen LogP contribution >= 0.6 is 0 Å². The third-order valence-electron chi connectivity index (χ3n) is 4.33. The fourth-order valence-corrected chi connectivity index (χ4v) is 3.35. The summed E-state index contributed by atoms with van der Waals surface area (Å²) >= 11 is 0. The summed E-state index contributed by atoms with van der Waals surface area (Å²) in [4.78, 5) is 13.7. The number of hydrogen-bond donors (Lipinski definition) is 3. The van der Waals surface area contributed by atoms with Crippen LogP contribution in [-0.4, -0.2) is 55.7 Å². The Morgan fingerprint density at radius 2 is 2.00 bits per heavy atom. The van der Waals surface area contributed by atoms with E-state index in [9.17, 15) is 8.42 Å². The van der Waals surface area contributed by atoms with Gasteiger partial charge in [-0.25, -0.2) is 18.4 Å². The van der Waals surface area contributed by atoms with Gasteiger partial charge in [0, 0.05) is 37.6 Å². The van der Waals surface area contributed by atoms with Gasteiger partial charge in [0.1, 0.15) is 5.52 Å². The molecule has 0 spiro atoms. The number of fused-ring (bicyclic) bond motifs is 1. The Hall–Kier alpha value is -2.62. The maximum absolute atomic E-state index is 11.1. The molecule has 27 heavy (non-hydrogen) atoms. The number of ether oxygens (including phenoxy) is 1. The second-order valence-corrected chi connectivity index (χ2v) is 7.19. The molecule has 9 heteroatoms. The van der Waals surface area contributed by atoms with Gasteiger partial charge in [-0.3, -0.25) is 4.98 Å². The predicted octanol–water partition coefficient (Wildman–Crippen LogP) is 1.06. The first-order valence-corrected chi connectivity index (χ1v) is 9.81. The molecule has 4 rings (SSSR count). The van der Waals surface area contributed by atoms with Gasteiger partial charge in [-0.05, 0) is 18.2 Å². The highest BCUT2D eigenvalue weighted by Gasteiger charge is 2.15. The summed E-state index contributed by atoms with van der Waals surface area (Å²) in [5.41, 5.74) is 2.90. The van der Waals surface area contributed by atoms with E-state index in [4.69, 9.17) is 4.74 Å². The molecule has 1 saturated heterocycles. The van der Waals surface area contributed by atoms with Crippen LogP contribution < -0.4 is 10.6 Å². The van der Waals surface area contributed by atoms with Crippen LogP contribution in [0.5, 0.6) is 0 Å². The van der Waals surface area contributed by atoms with E-state index < -0.39 is 10.7 Å². The number of nitrogens with one attached hydrogen (secondary N) is 2. The minimum absolute atomic E-state index is 0.0589. The van der Waals surface area contributed by atoms with Crippen molar-refractivity contribution in [3.63, 3.8) is 0 Å². The summed E-state index contributed by atoms with van der Waals surface area (Å²) in [6.45, 7) is 2.94. The standard InChI is InChI=1S/C18H19N5O3S/c24-27(25)14-3-1-12(2-4-14)15-9-16-17(21-6-5-20-16)18(23-15)22-11-13-10-19-7-8-26-13/h1-6,9,13,19,27H,7-8,10-11H2,(H,22,23). The Kier molecular flexibility index (Phi) is 5.23. The summed E-state index contributed by atoms with van der Waals surface area (Å²) < 4.78 is 27.9. The molecule has 1 fully saturated rings. The van der Waals surface area contributed by atoms with E-state index in [0.717, 1.165) is 18.7 Å². The Bertz CT molecular complexity index is 1010. The minimum Gasteiger partial charge on any atom is -0.374 e. The highest BCUT2D eigenvalue weighted by atomic mass is 32.2. The second-order valence-electron chi connectivity index (χ2n) is 6.16. The molecule has 2 aromatic heterocycles. The average Bonchev–Trinajstić information content (AvgIpc) is 2.72. The van der Waals surface area contributed by atoms with Crippen LogP contribution in [0, 0.1) is 0 Å². The number of morpholine rings is 1. The lowest BCUT2D eigenvalue weighted by atomic mass is 10.1. The van der Waals surface area contributed by atoms with Crippen LogP contribution in [0.15, 0.2) is 47.6 Å². The van der Waals surface area contributed by atoms with Crippen molar-refractivity contribution in [2.75, 3.05) is 31.6 Å². The van der Waals surface area contributed by atoms with Crippen molar-refractivity contribution in [3.8, 4) is 11.3 Å². The van der Waals surface area contributed by atoms with Crippen LogP contribution in [0.2, 0.25) is 0 Å². The SMILES string of the molecule is O=[SH](=O)c1ccc(-c2cc3nccnc3c(NCC3CNCCO3)n2)cc1. The molecule has 1 aliphatic rings. The van der Waals surface area contributed by atoms with E-state index in [0.29, 0.717) is 35.7 Å². The van der Waals surface area contributed by atoms with E-state index in [1.807, 2.05) is 6.07 Å². The molecule has 0 bridgehead atoms. The van der Waals surface area contributed by atoms with Gasteiger partial charge >= 0.3 is 0 Å². The van der Waals surface area contributed by atoms with Gasteiger partial charge in [0.05, 0.1) is 28.8 Å². The molecule has 140 valence electrons. The number of aromatic nitrogens is 3. The van der Waals surface area contributed by atoms with Gasteiger partial charge in [-0.15, -0.1) is 0 Å². The van der Waals surface area contributed by atoms with Gasteiger partial charge in [0.15, 0.2) is 16.5 Å². The Balaban J connectivity index is 1.67. The van der Waals surface area contributed by atoms with Crippen LogP contribution in [0.3, 0.4) is 0 Å². The number of nitrogens with zero attached hydrogens (tertiary/aromatic N) is 3. The molecule has 0 aliphatic carbocycles. The van der Waals surface area contributed by atoms with E-state index in [2.05, 4.69) is 25.6 Å². The van der Waals surface area contributed by atoms with Crippen molar-refractivity contribution in [3.05, 3.63) is 42.7 Å². The lowest BCUT2D eigenvalue weighted by Gasteiger charge is -2.24. The number of pyridine rings is 1. The van der Waals surface area contributed by atoms with E-state index in [1.165, 1.54) is 0 Å².